The van der Waals surface area contributed by atoms with Crippen LogP contribution >= 0.6 is 11.3 Å². The SMILES string of the molecule is Cc1nc(NC(=O)/C=C/c2ccco2)sc1CC(=O)O. The molecule has 0 radical (unpaired) electrons. The third-order valence-corrected chi connectivity index (χ3v) is 3.45. The molecular formula is C13H12N2O4S. The van der Waals surface area contributed by atoms with Gasteiger partial charge < -0.3 is 9.52 Å². The molecule has 0 aromatic carbocycles. The maximum absolute atomic E-state index is 11.7. The molecule has 0 bridgehead atoms. The van der Waals surface area contributed by atoms with Crippen molar-refractivity contribution in [3.63, 3.8) is 0 Å². The minimum absolute atomic E-state index is 0.0956. The van der Waals surface area contributed by atoms with Crippen LogP contribution in [0, 0.1) is 6.92 Å². The molecular weight excluding hydrogens is 280 g/mol. The summed E-state index contributed by atoms with van der Waals surface area (Å²) in [4.78, 5) is 27.1. The third kappa shape index (κ3) is 3.79. The standard InChI is InChI=1S/C13H12N2O4S/c1-8-10(7-12(17)18)20-13(14-8)15-11(16)5-4-9-3-2-6-19-9/h2-6H,7H2,1H3,(H,17,18)(H,14,15,16)/b5-4+. The lowest BCUT2D eigenvalue weighted by molar-refractivity contribution is -0.136. The lowest BCUT2D eigenvalue weighted by atomic mass is 10.3. The first-order chi connectivity index (χ1) is 9.54. The highest BCUT2D eigenvalue weighted by molar-refractivity contribution is 7.16. The molecule has 2 heterocycles. The summed E-state index contributed by atoms with van der Waals surface area (Å²) in [5.41, 5.74) is 0.614. The van der Waals surface area contributed by atoms with Gasteiger partial charge in [0.1, 0.15) is 5.76 Å². The summed E-state index contributed by atoms with van der Waals surface area (Å²) in [6.45, 7) is 1.71. The number of anilines is 1. The Labute approximate surface area is 118 Å². The third-order valence-electron chi connectivity index (χ3n) is 2.38. The van der Waals surface area contributed by atoms with Gasteiger partial charge in [0.15, 0.2) is 5.13 Å². The molecule has 6 nitrogen and oxygen atoms in total. The molecule has 0 fully saturated rings. The lowest BCUT2D eigenvalue weighted by Gasteiger charge is -1.94. The fourth-order valence-electron chi connectivity index (χ4n) is 1.47. The number of nitrogens with zero attached hydrogens (tertiary/aromatic N) is 1. The van der Waals surface area contributed by atoms with Crippen molar-refractivity contribution >= 4 is 34.4 Å². The van der Waals surface area contributed by atoms with Crippen molar-refractivity contribution in [3.05, 3.63) is 40.8 Å². The summed E-state index contributed by atoms with van der Waals surface area (Å²) in [6, 6.07) is 3.45. The van der Waals surface area contributed by atoms with Crippen LogP contribution in [0.3, 0.4) is 0 Å². The number of carboxylic acids is 1. The second-order valence-electron chi connectivity index (χ2n) is 3.94. The van der Waals surface area contributed by atoms with E-state index in [1.165, 1.54) is 18.4 Å². The van der Waals surface area contributed by atoms with E-state index in [1.807, 2.05) is 0 Å². The van der Waals surface area contributed by atoms with Crippen LogP contribution in [-0.4, -0.2) is 22.0 Å². The Kier molecular flexibility index (Phi) is 4.31. The second kappa shape index (κ2) is 6.16. The van der Waals surface area contributed by atoms with Gasteiger partial charge >= 0.3 is 5.97 Å². The van der Waals surface area contributed by atoms with Crippen LogP contribution in [0.1, 0.15) is 16.3 Å². The van der Waals surface area contributed by atoms with Crippen LogP contribution in [0.4, 0.5) is 5.13 Å². The molecule has 0 aliphatic carbocycles. The number of rotatable bonds is 5. The number of aliphatic carboxylic acids is 1. The molecule has 0 saturated heterocycles. The Bertz CT molecular complexity index is 643. The molecule has 2 aromatic heterocycles. The number of carbonyl (C=O) groups excluding carboxylic acids is 1. The van der Waals surface area contributed by atoms with Crippen molar-refractivity contribution in [2.24, 2.45) is 0 Å². The number of nitrogens with one attached hydrogen (secondary N) is 1. The minimum atomic E-state index is -0.924. The van der Waals surface area contributed by atoms with E-state index in [0.29, 0.717) is 21.5 Å². The van der Waals surface area contributed by atoms with E-state index in [0.717, 1.165) is 11.3 Å². The molecule has 0 saturated carbocycles. The fraction of sp³-hybridized carbons (Fsp3) is 0.154. The predicted octanol–water partition coefficient (Wildman–Crippen LogP) is 2.32. The first-order valence-corrected chi connectivity index (χ1v) is 6.57. The number of hydrogen-bond donors (Lipinski definition) is 2. The zero-order valence-corrected chi connectivity index (χ0v) is 11.4. The van der Waals surface area contributed by atoms with E-state index in [1.54, 1.807) is 19.1 Å². The van der Waals surface area contributed by atoms with Gasteiger partial charge in [-0.3, -0.25) is 14.9 Å². The summed E-state index contributed by atoms with van der Waals surface area (Å²) in [5, 5.41) is 11.7. The van der Waals surface area contributed by atoms with Gasteiger partial charge in [0.05, 0.1) is 18.4 Å². The molecule has 7 heteroatoms. The number of carbonyl (C=O) groups is 2. The molecule has 2 rings (SSSR count). The molecule has 2 N–H and O–H groups in total. The second-order valence-corrected chi connectivity index (χ2v) is 5.02. The van der Waals surface area contributed by atoms with Crippen molar-refractivity contribution in [2.45, 2.75) is 13.3 Å². The molecule has 20 heavy (non-hydrogen) atoms. The molecule has 1 amide bonds. The highest BCUT2D eigenvalue weighted by atomic mass is 32.1. The van der Waals surface area contributed by atoms with E-state index >= 15 is 0 Å². The number of carboxylic acid groups (broad SMARTS) is 1. The van der Waals surface area contributed by atoms with Crippen molar-refractivity contribution < 1.29 is 19.1 Å². The number of aryl methyl sites for hydroxylation is 1. The molecule has 104 valence electrons. The van der Waals surface area contributed by atoms with Crippen LogP contribution in [0.5, 0.6) is 0 Å². The van der Waals surface area contributed by atoms with Crippen LogP contribution in [0.25, 0.3) is 6.08 Å². The highest BCUT2D eigenvalue weighted by Gasteiger charge is 2.11. The predicted molar refractivity (Wildman–Crippen MR) is 74.6 cm³/mol. The number of hydrogen-bond acceptors (Lipinski definition) is 5. The zero-order chi connectivity index (χ0) is 14.5. The minimum Gasteiger partial charge on any atom is -0.481 e. The molecule has 0 atom stereocenters. The molecule has 0 aliphatic rings. The van der Waals surface area contributed by atoms with E-state index in [9.17, 15) is 9.59 Å². The first-order valence-electron chi connectivity index (χ1n) is 5.75. The Morgan fingerprint density at radius 2 is 2.35 bits per heavy atom. The molecule has 0 aliphatic heterocycles. The monoisotopic (exact) mass is 292 g/mol. The maximum atomic E-state index is 11.7. The van der Waals surface area contributed by atoms with E-state index in [2.05, 4.69) is 10.3 Å². The van der Waals surface area contributed by atoms with Gasteiger partial charge in [0, 0.05) is 11.0 Å². The largest absolute Gasteiger partial charge is 0.481 e. The van der Waals surface area contributed by atoms with Crippen molar-refractivity contribution in [1.29, 1.82) is 0 Å². The Hall–Kier alpha value is -2.41. The highest BCUT2D eigenvalue weighted by Crippen LogP contribution is 2.23. The fourth-order valence-corrected chi connectivity index (χ4v) is 2.43. The molecule has 0 spiro atoms. The molecule has 2 aromatic rings. The topological polar surface area (TPSA) is 92.4 Å². The zero-order valence-electron chi connectivity index (χ0n) is 10.6. The summed E-state index contributed by atoms with van der Waals surface area (Å²) < 4.78 is 5.06. The summed E-state index contributed by atoms with van der Waals surface area (Å²) in [6.07, 6.45) is 4.28. The Balaban J connectivity index is 1.99. The van der Waals surface area contributed by atoms with Crippen LogP contribution in [0.15, 0.2) is 28.9 Å². The number of aromatic nitrogens is 1. The maximum Gasteiger partial charge on any atom is 0.308 e. The van der Waals surface area contributed by atoms with Crippen molar-refractivity contribution in [2.75, 3.05) is 5.32 Å². The number of amides is 1. The summed E-state index contributed by atoms with van der Waals surface area (Å²) >= 11 is 1.16. The molecule has 0 unspecified atom stereocenters. The van der Waals surface area contributed by atoms with Gasteiger partial charge in [0.2, 0.25) is 5.91 Å². The van der Waals surface area contributed by atoms with Crippen LogP contribution < -0.4 is 5.32 Å². The quantitative estimate of drug-likeness (QED) is 0.825. The average molecular weight is 292 g/mol. The average Bonchev–Trinajstić information content (AvgIpc) is 2.97. The van der Waals surface area contributed by atoms with Crippen LogP contribution in [0.2, 0.25) is 0 Å². The Morgan fingerprint density at radius 1 is 1.55 bits per heavy atom. The van der Waals surface area contributed by atoms with Gasteiger partial charge in [0.25, 0.3) is 0 Å². The number of furan rings is 1. The van der Waals surface area contributed by atoms with E-state index in [-0.39, 0.29) is 12.3 Å². The summed E-state index contributed by atoms with van der Waals surface area (Å²) in [5.74, 6) is -0.702. The number of thiazole rings is 1. The van der Waals surface area contributed by atoms with E-state index in [4.69, 9.17) is 9.52 Å². The van der Waals surface area contributed by atoms with Gasteiger partial charge in [-0.2, -0.15) is 0 Å². The summed E-state index contributed by atoms with van der Waals surface area (Å²) in [7, 11) is 0. The van der Waals surface area contributed by atoms with E-state index < -0.39 is 5.97 Å². The lowest BCUT2D eigenvalue weighted by Crippen LogP contribution is -2.07. The van der Waals surface area contributed by atoms with Gasteiger partial charge in [-0.05, 0) is 25.1 Å². The normalized spacial score (nSPS) is 10.8. The van der Waals surface area contributed by atoms with Crippen molar-refractivity contribution in [3.8, 4) is 0 Å². The van der Waals surface area contributed by atoms with Crippen LogP contribution in [-0.2, 0) is 16.0 Å². The van der Waals surface area contributed by atoms with Gasteiger partial charge in [-0.25, -0.2) is 4.98 Å². The smallest absolute Gasteiger partial charge is 0.308 e. The van der Waals surface area contributed by atoms with Gasteiger partial charge in [-0.15, -0.1) is 11.3 Å². The van der Waals surface area contributed by atoms with Gasteiger partial charge in [-0.1, -0.05) is 0 Å². The Morgan fingerprint density at radius 3 is 3.00 bits per heavy atom. The van der Waals surface area contributed by atoms with Crippen molar-refractivity contribution in [1.82, 2.24) is 4.98 Å². The first kappa shape index (κ1) is 14.0.